The maximum absolute atomic E-state index is 13.1. The van der Waals surface area contributed by atoms with E-state index in [2.05, 4.69) is 196 Å². The van der Waals surface area contributed by atoms with Crippen LogP contribution in [0.1, 0.15) is 110 Å². The van der Waals surface area contributed by atoms with Crippen molar-refractivity contribution in [3.63, 3.8) is 0 Å². The molecular weight excluding hydrogens is 1660 g/mol. The van der Waals surface area contributed by atoms with Crippen molar-refractivity contribution in [1.82, 2.24) is 97.8 Å². The van der Waals surface area contributed by atoms with Crippen LogP contribution in [0.4, 0.5) is 17.1 Å². The molecule has 0 aliphatic carbocycles. The molecule has 0 bridgehead atoms. The Morgan fingerprint density at radius 2 is 0.695 bits per heavy atom. The summed E-state index contributed by atoms with van der Waals surface area (Å²) in [4.78, 5) is 98.1. The van der Waals surface area contributed by atoms with Crippen LogP contribution in [0.2, 0.25) is 0 Å². The summed E-state index contributed by atoms with van der Waals surface area (Å²) < 4.78 is 12.3. The van der Waals surface area contributed by atoms with Gasteiger partial charge in [0.15, 0.2) is 0 Å². The Morgan fingerprint density at radius 1 is 0.344 bits per heavy atom. The van der Waals surface area contributed by atoms with Crippen molar-refractivity contribution in [3.05, 3.63) is 327 Å². The molecule has 3 amide bonds. The Balaban J connectivity index is 0.000000141. The molecule has 15 aromatic rings. The second kappa shape index (κ2) is 42.0. The van der Waals surface area contributed by atoms with E-state index in [4.69, 9.17) is 15.0 Å². The molecule has 0 spiro atoms. The van der Waals surface area contributed by atoms with Crippen molar-refractivity contribution < 1.29 is 14.4 Å². The highest BCUT2D eigenvalue weighted by molar-refractivity contribution is 7.10. The predicted molar refractivity (Wildman–Crippen MR) is 508 cm³/mol. The van der Waals surface area contributed by atoms with Crippen molar-refractivity contribution >= 4 is 69.4 Å². The van der Waals surface area contributed by atoms with E-state index in [1.165, 1.54) is 51.3 Å². The number of nitrogens with zero attached hydrogens (tertiary/aromatic N) is 20. The van der Waals surface area contributed by atoms with Gasteiger partial charge in [0.25, 0.3) is 17.7 Å². The number of anilines is 3. The van der Waals surface area contributed by atoms with Crippen LogP contribution < -0.4 is 16.0 Å². The average molecular weight is 1760 g/mol. The predicted octanol–water partition coefficient (Wildman–Crippen LogP) is 16.1. The Morgan fingerprint density at radius 3 is 1.03 bits per heavy atom. The fraction of sp³-hybridized carbons (Fsp3) is 0.263. The number of likely N-dealkylation sites (N-methyl/N-ethyl adjacent to an activating group) is 3. The van der Waals surface area contributed by atoms with Gasteiger partial charge in [-0.05, 0) is 255 Å². The van der Waals surface area contributed by atoms with Crippen LogP contribution >= 0.6 is 34.6 Å². The molecule has 3 saturated heterocycles. The van der Waals surface area contributed by atoms with Crippen LogP contribution in [-0.4, -0.2) is 215 Å². The smallest absolute Gasteiger partial charge is 0.255 e. The number of amides is 3. The Labute approximate surface area is 758 Å². The zero-order valence-electron chi connectivity index (χ0n) is 73.1. The molecule has 0 atom stereocenters. The number of pyridine rings is 3. The molecule has 9 aromatic heterocycles. The number of aromatic nitrogens is 14. The van der Waals surface area contributed by atoms with Crippen LogP contribution in [0.25, 0.3) is 65.1 Å². The largest absolute Gasteiger partial charge is 0.322 e. The van der Waals surface area contributed by atoms with Crippen molar-refractivity contribution in [3.8, 4) is 65.1 Å². The lowest BCUT2D eigenvalue weighted by atomic mass is 10.0. The second-order valence-corrected chi connectivity index (χ2v) is 35.3. The number of rotatable bonds is 24. The van der Waals surface area contributed by atoms with E-state index in [0.29, 0.717) is 53.4 Å². The van der Waals surface area contributed by atoms with Gasteiger partial charge in [-0.25, -0.2) is 34.3 Å². The zero-order chi connectivity index (χ0) is 88.4. The first kappa shape index (κ1) is 88.4. The van der Waals surface area contributed by atoms with E-state index in [9.17, 15) is 14.4 Å². The van der Waals surface area contributed by atoms with Gasteiger partial charge in [0.2, 0.25) is 0 Å². The fourth-order valence-corrected chi connectivity index (χ4v) is 17.3. The van der Waals surface area contributed by atoms with Gasteiger partial charge in [0, 0.05) is 247 Å². The SMILES string of the molecule is Cc1ccc(NC(=O)c2ccc(CN3CCN(C)CC3)cc2)cc1Cc1nccc(-c2cncc(-c3cnns3)c2)n1.Cc1ccc(NC(=O)c2ccc(CN3CCN(C)CC3)cc2)cc1Cc1nccc(-c2cncc(-c3sncc3C)c2)n1.Cc1ccc(NC(=O)c2ccc(CN3CCN(C)CC3)cc2)cc1Cc1nccc(-c2cncc(-c3snnc3C)c2)n1. The summed E-state index contributed by atoms with van der Waals surface area (Å²) in [7, 11) is 6.49. The van der Waals surface area contributed by atoms with Gasteiger partial charge in [0.05, 0.1) is 43.6 Å². The number of hydrogen-bond donors (Lipinski definition) is 3. The second-order valence-electron chi connectivity index (χ2n) is 32.9. The summed E-state index contributed by atoms with van der Waals surface area (Å²) in [6.07, 6.45) is 21.5. The fourth-order valence-electron chi connectivity index (χ4n) is 15.4. The summed E-state index contributed by atoms with van der Waals surface area (Å²) >= 11 is 4.16. The average Bonchev–Trinajstić information content (AvgIpc) is 1.40. The highest BCUT2D eigenvalue weighted by Crippen LogP contribution is 2.34. The first-order valence-corrected chi connectivity index (χ1v) is 45.2. The lowest BCUT2D eigenvalue weighted by Gasteiger charge is -2.32. The molecule has 128 heavy (non-hydrogen) atoms. The summed E-state index contributed by atoms with van der Waals surface area (Å²) in [5.41, 5.74) is 24.4. The number of carbonyl (C=O) groups excluding carboxylic acids is 3. The zero-order valence-corrected chi connectivity index (χ0v) is 75.5. The van der Waals surface area contributed by atoms with Crippen LogP contribution in [0.3, 0.4) is 0 Å². The number of nitrogens with one attached hydrogen (secondary N) is 3. The van der Waals surface area contributed by atoms with Crippen molar-refractivity contribution in [2.45, 2.75) is 73.5 Å². The summed E-state index contributed by atoms with van der Waals surface area (Å²) in [5, 5.41) is 17.2. The molecule has 0 radical (unpaired) electrons. The Kier molecular flexibility index (Phi) is 29.0. The van der Waals surface area contributed by atoms with Crippen LogP contribution in [-0.2, 0) is 38.9 Å². The highest BCUT2D eigenvalue weighted by Gasteiger charge is 2.22. The normalized spacial score (nSPS) is 14.1. The number of carbonyl (C=O) groups is 3. The molecule has 648 valence electrons. The van der Waals surface area contributed by atoms with E-state index in [1.807, 2.05) is 147 Å². The molecule has 0 unspecified atom stereocenters. The highest BCUT2D eigenvalue weighted by atomic mass is 32.1. The number of benzene rings is 6. The summed E-state index contributed by atoms with van der Waals surface area (Å²) in [6.45, 7) is 25.9. The van der Waals surface area contributed by atoms with E-state index in [-0.39, 0.29) is 17.7 Å². The molecule has 3 fully saturated rings. The minimum Gasteiger partial charge on any atom is -0.322 e. The van der Waals surface area contributed by atoms with Gasteiger partial charge in [-0.15, -0.1) is 10.2 Å². The third-order valence-electron chi connectivity index (χ3n) is 23.3. The Bertz CT molecular complexity index is 6070. The van der Waals surface area contributed by atoms with Gasteiger partial charge in [0.1, 0.15) is 17.5 Å². The minimum atomic E-state index is -0.127. The van der Waals surface area contributed by atoms with Crippen molar-refractivity contribution in [2.75, 3.05) is 116 Å². The third kappa shape index (κ3) is 23.6. The lowest BCUT2D eigenvalue weighted by molar-refractivity contribution is 0.101. The summed E-state index contributed by atoms with van der Waals surface area (Å²) in [6, 6.07) is 53.6. The molecule has 3 aliphatic rings. The van der Waals surface area contributed by atoms with Crippen molar-refractivity contribution in [2.24, 2.45) is 0 Å². The van der Waals surface area contributed by atoms with Gasteiger partial charge < -0.3 is 30.7 Å². The first-order chi connectivity index (χ1) is 62.3. The van der Waals surface area contributed by atoms with Crippen LogP contribution in [0, 0.1) is 34.6 Å². The molecule has 3 N–H and O–H groups in total. The first-order valence-electron chi connectivity index (χ1n) is 42.9. The van der Waals surface area contributed by atoms with Crippen LogP contribution in [0.5, 0.6) is 0 Å². The van der Waals surface area contributed by atoms with Gasteiger partial charge in [-0.3, -0.25) is 44.0 Å². The number of piperazine rings is 3. The monoisotopic (exact) mass is 1760 g/mol. The standard InChI is InChI=1S/C34H35N7OS.C33H34N8OS.C32H32N8OS/c1-23-4-9-30(38-34(42)26-7-5-25(6-8-26)22-41-14-12-40(3)13-15-41)17-27(23)18-32-36-11-10-31(39-32)28-16-29(21-35-20-28)33-24(2)19-37-43-33;1-22-4-9-29(36-33(42)25-7-5-24(6-8-25)21-41-14-12-40(3)13-15-41)17-26(22)18-31-35-11-10-30(37-31)27-16-28(20-34-19-27)32-23(2)38-39-43-32;1-22-3-8-28(36-32(41)24-6-4-23(5-7-24)21-40-13-11-39(2)12-14-40)16-25(22)17-31-34-10-9-29(37-31)26-15-27(19-33-18-26)30-20-35-38-42-30/h4-11,16-17,19-21H,12-15,18,22H2,1-3H3,(H,38,42);4-11,16-17,19-20H,12-15,18,21H2,1-3H3,(H,36,42);3-10,15-16,18-20H,11-14,17,21H2,1-2H3,(H,36,41). The lowest BCUT2D eigenvalue weighted by Crippen LogP contribution is -2.43. The maximum atomic E-state index is 13.1. The van der Waals surface area contributed by atoms with E-state index < -0.39 is 0 Å². The van der Waals surface area contributed by atoms with Gasteiger partial charge in [-0.1, -0.05) is 63.6 Å². The minimum absolute atomic E-state index is 0.122. The van der Waals surface area contributed by atoms with E-state index in [1.54, 1.807) is 43.4 Å². The quantitative estimate of drug-likeness (QED) is 0.0506. The maximum Gasteiger partial charge on any atom is 0.255 e. The van der Waals surface area contributed by atoms with Gasteiger partial charge >= 0.3 is 0 Å². The molecule has 6 aromatic carbocycles. The number of hydrogen-bond acceptors (Lipinski definition) is 26. The molecule has 0 saturated carbocycles. The van der Waals surface area contributed by atoms with E-state index in [0.717, 1.165) is 225 Å². The Hall–Kier alpha value is -13.1. The molecule has 18 rings (SSSR count). The molecule has 29 heteroatoms. The number of aryl methyl sites for hydroxylation is 5. The molecule has 12 heterocycles. The third-order valence-corrected chi connectivity index (χ3v) is 25.9. The molecular formula is C99H101N23O3S3. The topological polar surface area (TPSA) is 287 Å². The van der Waals surface area contributed by atoms with Crippen LogP contribution in [0.15, 0.2) is 232 Å². The molecule has 26 nitrogen and oxygen atoms in total. The van der Waals surface area contributed by atoms with Gasteiger partial charge in [-0.2, -0.15) is 0 Å². The summed E-state index contributed by atoms with van der Waals surface area (Å²) in [5.74, 6) is 1.72. The van der Waals surface area contributed by atoms with E-state index >= 15 is 0 Å². The molecule has 3 aliphatic heterocycles. The van der Waals surface area contributed by atoms with Crippen molar-refractivity contribution in [1.29, 1.82) is 0 Å².